The monoisotopic (exact) mass is 1460 g/mol. The molecule has 0 aromatic carbocycles. The van der Waals surface area contributed by atoms with Crippen LogP contribution in [0.2, 0.25) is 0 Å². The van der Waals surface area contributed by atoms with Crippen molar-refractivity contribution in [1.29, 1.82) is 0 Å². The van der Waals surface area contributed by atoms with Crippen LogP contribution in [0.1, 0.15) is 309 Å². The average molecular weight is 1460 g/mol. The van der Waals surface area contributed by atoms with Gasteiger partial charge in [0.2, 0.25) is 5.91 Å². The highest BCUT2D eigenvalue weighted by Gasteiger charge is 2.54. The number of hydrogen-bond donors (Lipinski definition) is 12. The van der Waals surface area contributed by atoms with Crippen molar-refractivity contribution in [2.45, 2.75) is 413 Å². The smallest absolute Gasteiger partial charge is 0.220 e. The molecule has 0 aliphatic carbocycles. The number of nitrogens with one attached hydrogen (secondary N) is 1. The van der Waals surface area contributed by atoms with E-state index in [1.165, 1.54) is 186 Å². The topological polar surface area (TPSA) is 307 Å². The Labute approximate surface area is 622 Å². The van der Waals surface area contributed by atoms with Gasteiger partial charge in [-0.25, -0.2) is 0 Å². The second-order valence-corrected chi connectivity index (χ2v) is 29.2. The summed E-state index contributed by atoms with van der Waals surface area (Å²) >= 11 is 0. The second-order valence-electron chi connectivity index (χ2n) is 29.2. The van der Waals surface area contributed by atoms with Gasteiger partial charge in [0, 0.05) is 6.42 Å². The summed E-state index contributed by atoms with van der Waals surface area (Å²) < 4.78 is 34.5. The van der Waals surface area contributed by atoms with Gasteiger partial charge in [0.15, 0.2) is 18.9 Å². The zero-order chi connectivity index (χ0) is 74.6. The summed E-state index contributed by atoms with van der Waals surface area (Å²) in [6.45, 7) is 1.66. The Balaban J connectivity index is 1.37. The number of aliphatic hydroxyl groups excluding tert-OH is 11. The molecule has 0 radical (unpaired) electrons. The molecule has 1 amide bonds. The molecule has 17 unspecified atom stereocenters. The molecule has 12 N–H and O–H groups in total. The fourth-order valence-electron chi connectivity index (χ4n) is 13.6. The number of hydrogen-bond acceptors (Lipinski definition) is 18. The van der Waals surface area contributed by atoms with Crippen molar-refractivity contribution in [3.05, 3.63) is 85.1 Å². The van der Waals surface area contributed by atoms with Crippen LogP contribution < -0.4 is 5.32 Å². The van der Waals surface area contributed by atoms with Gasteiger partial charge in [-0.15, -0.1) is 0 Å². The maximum absolute atomic E-state index is 13.5. The van der Waals surface area contributed by atoms with Crippen LogP contribution >= 0.6 is 0 Å². The highest BCUT2D eigenvalue weighted by molar-refractivity contribution is 5.76. The number of carbonyl (C=O) groups excluding carboxylic acids is 1. The lowest BCUT2D eigenvalue weighted by Crippen LogP contribution is -2.66. The number of carbonyl (C=O) groups is 1. The van der Waals surface area contributed by atoms with Crippen LogP contribution in [0.4, 0.5) is 0 Å². The Hall–Kier alpha value is -3.03. The van der Waals surface area contributed by atoms with E-state index in [2.05, 4.69) is 92.1 Å². The third-order valence-electron chi connectivity index (χ3n) is 20.2. The molecule has 3 aliphatic heterocycles. The molecule has 598 valence electrons. The van der Waals surface area contributed by atoms with Crippen molar-refractivity contribution in [3.63, 3.8) is 0 Å². The molecule has 0 bridgehead atoms. The number of aliphatic hydroxyl groups is 11. The SMILES string of the molecule is CC/C=C\C/C=C\C/C=C\C/C=C\C/C=C\C/C=C\CCCCCCCCCCCCCCC(=O)NC(COC1OC(CO)C(OC2OC(CO)C(OC3OC(CO)C(O)C(O)C3O)C(O)C2O)C(O)C1O)C(O)/C=C/CCCCCCCCCCCCCCCCCCCCCCCCCCC. The van der Waals surface area contributed by atoms with Gasteiger partial charge >= 0.3 is 0 Å². The number of unbranched alkanes of at least 4 members (excludes halogenated alkanes) is 37. The van der Waals surface area contributed by atoms with Gasteiger partial charge in [-0.05, 0) is 70.6 Å². The van der Waals surface area contributed by atoms with Crippen LogP contribution in [0.15, 0.2) is 85.1 Å². The fraction of sp³-hybridized carbons (Fsp3) is 0.821. The quantitative estimate of drug-likeness (QED) is 0.0199. The molecule has 3 rings (SSSR count). The zero-order valence-electron chi connectivity index (χ0n) is 64.0. The predicted octanol–water partition coefficient (Wildman–Crippen LogP) is 14.2. The molecular formula is C84H149NO18. The van der Waals surface area contributed by atoms with Crippen molar-refractivity contribution >= 4 is 5.91 Å². The summed E-state index contributed by atoms with van der Waals surface area (Å²) in [4.78, 5) is 13.5. The van der Waals surface area contributed by atoms with Gasteiger partial charge in [0.05, 0.1) is 38.6 Å². The normalized spacial score (nSPS) is 26.5. The highest BCUT2D eigenvalue weighted by atomic mass is 16.8. The summed E-state index contributed by atoms with van der Waals surface area (Å²) in [6, 6.07) is -0.981. The van der Waals surface area contributed by atoms with Crippen LogP contribution in [0.25, 0.3) is 0 Å². The maximum atomic E-state index is 13.5. The molecule has 17 atom stereocenters. The highest BCUT2D eigenvalue weighted by Crippen LogP contribution is 2.33. The molecule has 0 spiro atoms. The summed E-state index contributed by atoms with van der Waals surface area (Å²) in [7, 11) is 0. The van der Waals surface area contributed by atoms with Crippen LogP contribution in [0.3, 0.4) is 0 Å². The Kier molecular flexibility index (Phi) is 58.4. The van der Waals surface area contributed by atoms with E-state index < -0.39 is 124 Å². The second kappa shape index (κ2) is 63.9. The Bertz CT molecular complexity index is 2190. The Morgan fingerprint density at radius 3 is 1.05 bits per heavy atom. The van der Waals surface area contributed by atoms with E-state index in [-0.39, 0.29) is 18.9 Å². The van der Waals surface area contributed by atoms with Gasteiger partial charge in [-0.2, -0.15) is 0 Å². The molecule has 3 heterocycles. The van der Waals surface area contributed by atoms with Crippen LogP contribution in [0.5, 0.6) is 0 Å². The summed E-state index contributed by atoms with van der Waals surface area (Å²) in [5.41, 5.74) is 0. The van der Waals surface area contributed by atoms with E-state index in [0.717, 1.165) is 96.3 Å². The zero-order valence-corrected chi connectivity index (χ0v) is 64.0. The number of ether oxygens (including phenoxy) is 6. The van der Waals surface area contributed by atoms with Crippen molar-refractivity contribution in [1.82, 2.24) is 5.32 Å². The molecule has 3 fully saturated rings. The lowest BCUT2D eigenvalue weighted by Gasteiger charge is -2.48. The third-order valence-corrected chi connectivity index (χ3v) is 20.2. The molecule has 3 saturated heterocycles. The predicted molar refractivity (Wildman–Crippen MR) is 411 cm³/mol. The maximum Gasteiger partial charge on any atom is 0.220 e. The molecule has 0 aromatic heterocycles. The molecule has 3 aliphatic rings. The lowest BCUT2D eigenvalue weighted by molar-refractivity contribution is -0.379. The molecule has 103 heavy (non-hydrogen) atoms. The average Bonchev–Trinajstić information content (AvgIpc) is 0.781. The van der Waals surface area contributed by atoms with Crippen molar-refractivity contribution in [3.8, 4) is 0 Å². The summed E-state index contributed by atoms with van der Waals surface area (Å²) in [6.07, 6.45) is 58.5. The lowest BCUT2D eigenvalue weighted by atomic mass is 9.96. The molecule has 0 aromatic rings. The van der Waals surface area contributed by atoms with Gasteiger partial charge in [-0.3, -0.25) is 4.79 Å². The third kappa shape index (κ3) is 43.7. The molecule has 0 saturated carbocycles. The molecular weight excluding hydrogens is 1310 g/mol. The minimum atomic E-state index is -1.98. The summed E-state index contributed by atoms with van der Waals surface area (Å²) in [5, 5.41) is 121. The van der Waals surface area contributed by atoms with E-state index in [9.17, 15) is 61.0 Å². The molecule has 19 heteroatoms. The van der Waals surface area contributed by atoms with Crippen molar-refractivity contribution < 1.29 is 89.4 Å². The number of rotatable bonds is 65. The first-order valence-electron chi connectivity index (χ1n) is 41.3. The Morgan fingerprint density at radius 1 is 0.359 bits per heavy atom. The first kappa shape index (κ1) is 94.2. The number of amides is 1. The minimum Gasteiger partial charge on any atom is -0.394 e. The van der Waals surface area contributed by atoms with Crippen molar-refractivity contribution in [2.24, 2.45) is 0 Å². The van der Waals surface area contributed by atoms with Crippen LogP contribution in [0, 0.1) is 0 Å². The summed E-state index contributed by atoms with van der Waals surface area (Å²) in [5.74, 6) is -0.277. The Morgan fingerprint density at radius 2 is 0.670 bits per heavy atom. The van der Waals surface area contributed by atoms with Crippen LogP contribution in [-0.4, -0.2) is 193 Å². The van der Waals surface area contributed by atoms with Crippen LogP contribution in [-0.2, 0) is 33.2 Å². The van der Waals surface area contributed by atoms with E-state index >= 15 is 0 Å². The van der Waals surface area contributed by atoms with Gasteiger partial charge < -0.3 is 89.9 Å². The van der Waals surface area contributed by atoms with E-state index in [1.807, 2.05) is 6.08 Å². The molecule has 19 nitrogen and oxygen atoms in total. The van der Waals surface area contributed by atoms with Gasteiger partial charge in [0.1, 0.15) is 73.2 Å². The minimum absolute atomic E-state index is 0.237. The largest absolute Gasteiger partial charge is 0.394 e. The van der Waals surface area contributed by atoms with E-state index in [1.54, 1.807) is 6.08 Å². The van der Waals surface area contributed by atoms with Gasteiger partial charge in [-0.1, -0.05) is 317 Å². The van der Waals surface area contributed by atoms with E-state index in [4.69, 9.17) is 28.4 Å². The first-order valence-corrected chi connectivity index (χ1v) is 41.3. The first-order chi connectivity index (χ1) is 50.3. The van der Waals surface area contributed by atoms with Crippen molar-refractivity contribution in [2.75, 3.05) is 26.4 Å². The fourth-order valence-corrected chi connectivity index (χ4v) is 13.6. The standard InChI is InChI=1S/C84H149NO18/c1-3-5-7-9-11-13-15-17-19-21-23-25-27-29-31-32-33-34-36-38-40-42-44-46-48-50-52-54-56-58-60-62-72(90)85-67(68(89)61-59-57-55-53-51-49-47-45-43-41-39-37-35-30-28-26-24-22-20-18-16-14-12-10-8-6-4-2)66-98-82-78(96)75(93)80(70(64-87)100-82)103-84-79(97)76(94)81(71(65-88)101-84)102-83-77(95)74(92)73(91)69(63-86)99-83/h5,7,11,13,17,19,23,25,29,31,33-34,59,61,67-71,73-84,86-89,91-97H,3-4,6,8-10,12,14-16,18,20-22,24,26-28,30,32,35-58,60,62-66H2,1-2H3,(H,85,90)/b7-5-,13-11-,19-17-,25-23-,31-29-,34-33-,61-59+. The number of allylic oxidation sites excluding steroid dienone is 13. The van der Waals surface area contributed by atoms with E-state index in [0.29, 0.717) is 6.42 Å². The van der Waals surface area contributed by atoms with Gasteiger partial charge in [0.25, 0.3) is 0 Å².